The first-order valence-corrected chi connectivity index (χ1v) is 9.42. The predicted octanol–water partition coefficient (Wildman–Crippen LogP) is 3.55. The molecule has 3 rings (SSSR count). The Hall–Kier alpha value is -2.95. The Morgan fingerprint density at radius 2 is 1.37 bits per heavy atom. The van der Waals surface area contributed by atoms with Crippen molar-refractivity contribution < 1.29 is 14.4 Å². The SMILES string of the molecule is O=C(CCCCCCN1C(=O)c2ccccc2C1=O)NCc1ccccc1. The molecular formula is C22H24N2O3. The predicted molar refractivity (Wildman–Crippen MR) is 103 cm³/mol. The summed E-state index contributed by atoms with van der Waals surface area (Å²) < 4.78 is 0. The third-order valence-corrected chi connectivity index (χ3v) is 4.75. The van der Waals surface area contributed by atoms with Crippen LogP contribution in [-0.4, -0.2) is 29.2 Å². The average molecular weight is 364 g/mol. The molecule has 1 aliphatic heterocycles. The van der Waals surface area contributed by atoms with Crippen LogP contribution in [-0.2, 0) is 11.3 Å². The van der Waals surface area contributed by atoms with Crippen molar-refractivity contribution in [3.8, 4) is 0 Å². The number of benzene rings is 2. The maximum atomic E-state index is 12.3. The van der Waals surface area contributed by atoms with E-state index >= 15 is 0 Å². The van der Waals surface area contributed by atoms with Gasteiger partial charge in [-0.15, -0.1) is 0 Å². The standard InChI is InChI=1S/C22H24N2O3/c25-20(23-16-17-10-4-3-5-11-17)14-6-1-2-9-15-24-21(26)18-12-7-8-13-19(18)22(24)27/h3-5,7-8,10-13H,1-2,6,9,14-16H2,(H,23,25). The van der Waals surface area contributed by atoms with Crippen molar-refractivity contribution in [2.75, 3.05) is 6.54 Å². The van der Waals surface area contributed by atoms with E-state index in [9.17, 15) is 14.4 Å². The van der Waals surface area contributed by atoms with Crippen molar-refractivity contribution >= 4 is 17.7 Å². The zero-order valence-electron chi connectivity index (χ0n) is 15.3. The summed E-state index contributed by atoms with van der Waals surface area (Å²) >= 11 is 0. The Kier molecular flexibility index (Phi) is 6.36. The normalized spacial score (nSPS) is 13.0. The summed E-state index contributed by atoms with van der Waals surface area (Å²) in [5.41, 5.74) is 2.09. The van der Waals surface area contributed by atoms with Crippen LogP contribution in [0.3, 0.4) is 0 Å². The molecule has 27 heavy (non-hydrogen) atoms. The number of hydrogen-bond acceptors (Lipinski definition) is 3. The Morgan fingerprint density at radius 3 is 2.04 bits per heavy atom. The number of imide groups is 1. The highest BCUT2D eigenvalue weighted by Crippen LogP contribution is 2.22. The maximum absolute atomic E-state index is 12.3. The van der Waals surface area contributed by atoms with Crippen molar-refractivity contribution in [1.82, 2.24) is 10.2 Å². The molecule has 0 fully saturated rings. The van der Waals surface area contributed by atoms with Crippen LogP contribution in [0.25, 0.3) is 0 Å². The number of nitrogens with one attached hydrogen (secondary N) is 1. The van der Waals surface area contributed by atoms with E-state index in [0.717, 1.165) is 31.2 Å². The van der Waals surface area contributed by atoms with Crippen molar-refractivity contribution in [3.63, 3.8) is 0 Å². The van der Waals surface area contributed by atoms with Gasteiger partial charge in [0.2, 0.25) is 5.91 Å². The van der Waals surface area contributed by atoms with E-state index < -0.39 is 0 Å². The number of rotatable bonds is 9. The molecule has 0 atom stereocenters. The summed E-state index contributed by atoms with van der Waals surface area (Å²) in [5, 5.41) is 2.92. The summed E-state index contributed by atoms with van der Waals surface area (Å²) in [4.78, 5) is 37.7. The third-order valence-electron chi connectivity index (χ3n) is 4.75. The molecule has 0 aliphatic carbocycles. The average Bonchev–Trinajstić information content (AvgIpc) is 2.94. The van der Waals surface area contributed by atoms with Gasteiger partial charge in [-0.3, -0.25) is 19.3 Å². The minimum atomic E-state index is -0.198. The molecule has 0 bridgehead atoms. The molecule has 140 valence electrons. The number of unbranched alkanes of at least 4 members (excludes halogenated alkanes) is 3. The maximum Gasteiger partial charge on any atom is 0.261 e. The summed E-state index contributed by atoms with van der Waals surface area (Å²) in [6.07, 6.45) is 3.86. The number of carbonyl (C=O) groups is 3. The van der Waals surface area contributed by atoms with Crippen molar-refractivity contribution in [2.24, 2.45) is 0 Å². The summed E-state index contributed by atoms with van der Waals surface area (Å²) in [5.74, 6) is -0.342. The Balaban J connectivity index is 1.29. The largest absolute Gasteiger partial charge is 0.352 e. The molecule has 0 radical (unpaired) electrons. The smallest absolute Gasteiger partial charge is 0.261 e. The minimum absolute atomic E-state index is 0.0548. The van der Waals surface area contributed by atoms with Gasteiger partial charge in [0.1, 0.15) is 0 Å². The molecule has 2 aromatic rings. The van der Waals surface area contributed by atoms with Crippen molar-refractivity contribution in [2.45, 2.75) is 38.6 Å². The van der Waals surface area contributed by atoms with E-state index in [0.29, 0.717) is 30.6 Å². The van der Waals surface area contributed by atoms with E-state index in [1.165, 1.54) is 4.90 Å². The number of carbonyl (C=O) groups excluding carboxylic acids is 3. The Labute approximate surface area is 159 Å². The van der Waals surface area contributed by atoms with E-state index in [1.807, 2.05) is 30.3 Å². The minimum Gasteiger partial charge on any atom is -0.352 e. The van der Waals surface area contributed by atoms with Gasteiger partial charge >= 0.3 is 0 Å². The van der Waals surface area contributed by atoms with E-state index in [2.05, 4.69) is 5.32 Å². The Morgan fingerprint density at radius 1 is 0.778 bits per heavy atom. The van der Waals surface area contributed by atoms with Gasteiger partial charge in [0, 0.05) is 19.5 Å². The highest BCUT2D eigenvalue weighted by Gasteiger charge is 2.34. The number of hydrogen-bond donors (Lipinski definition) is 1. The molecule has 0 saturated heterocycles. The second kappa shape index (κ2) is 9.12. The van der Waals surface area contributed by atoms with Gasteiger partial charge in [0.25, 0.3) is 11.8 Å². The number of nitrogens with zero attached hydrogens (tertiary/aromatic N) is 1. The quantitative estimate of drug-likeness (QED) is 0.547. The lowest BCUT2D eigenvalue weighted by molar-refractivity contribution is -0.121. The summed E-state index contributed by atoms with van der Waals surface area (Å²) in [7, 11) is 0. The second-order valence-electron chi connectivity index (χ2n) is 6.73. The molecule has 1 N–H and O–H groups in total. The molecule has 1 aliphatic rings. The molecule has 3 amide bonds. The van der Waals surface area contributed by atoms with Crippen LogP contribution in [0, 0.1) is 0 Å². The molecule has 0 unspecified atom stereocenters. The van der Waals surface area contributed by atoms with Gasteiger partial charge in [-0.1, -0.05) is 55.3 Å². The molecule has 5 heteroatoms. The van der Waals surface area contributed by atoms with Gasteiger partial charge in [0.05, 0.1) is 11.1 Å². The van der Waals surface area contributed by atoms with E-state index in [-0.39, 0.29) is 17.7 Å². The topological polar surface area (TPSA) is 66.5 Å². The van der Waals surface area contributed by atoms with Crippen LogP contribution in [0.4, 0.5) is 0 Å². The highest BCUT2D eigenvalue weighted by molar-refractivity contribution is 6.21. The molecule has 0 aromatic heterocycles. The first-order chi connectivity index (χ1) is 13.2. The second-order valence-corrected chi connectivity index (χ2v) is 6.73. The van der Waals surface area contributed by atoms with E-state index in [4.69, 9.17) is 0 Å². The van der Waals surface area contributed by atoms with Gasteiger partial charge in [-0.25, -0.2) is 0 Å². The van der Waals surface area contributed by atoms with Crippen LogP contribution in [0.5, 0.6) is 0 Å². The van der Waals surface area contributed by atoms with Crippen LogP contribution < -0.4 is 5.32 Å². The molecule has 5 nitrogen and oxygen atoms in total. The molecule has 1 heterocycles. The highest BCUT2D eigenvalue weighted by atomic mass is 16.2. The zero-order valence-corrected chi connectivity index (χ0v) is 15.3. The van der Waals surface area contributed by atoms with Gasteiger partial charge < -0.3 is 5.32 Å². The third kappa shape index (κ3) is 4.82. The molecule has 2 aromatic carbocycles. The van der Waals surface area contributed by atoms with Crippen LogP contribution in [0.15, 0.2) is 54.6 Å². The lowest BCUT2D eigenvalue weighted by Gasteiger charge is -2.13. The first-order valence-electron chi connectivity index (χ1n) is 9.42. The molecule has 0 saturated carbocycles. The Bertz CT molecular complexity index is 782. The fraction of sp³-hybridized carbons (Fsp3) is 0.318. The van der Waals surface area contributed by atoms with Crippen LogP contribution >= 0.6 is 0 Å². The van der Waals surface area contributed by atoms with Crippen LogP contribution in [0.2, 0.25) is 0 Å². The first kappa shape index (κ1) is 18.8. The van der Waals surface area contributed by atoms with Gasteiger partial charge in [-0.2, -0.15) is 0 Å². The fourth-order valence-corrected chi connectivity index (χ4v) is 3.24. The fourth-order valence-electron chi connectivity index (χ4n) is 3.24. The van der Waals surface area contributed by atoms with Gasteiger partial charge in [0.15, 0.2) is 0 Å². The lowest BCUT2D eigenvalue weighted by atomic mass is 10.1. The lowest BCUT2D eigenvalue weighted by Crippen LogP contribution is -2.30. The molecule has 0 spiro atoms. The zero-order chi connectivity index (χ0) is 19.1. The number of fused-ring (bicyclic) bond motifs is 1. The van der Waals surface area contributed by atoms with Crippen molar-refractivity contribution in [3.05, 3.63) is 71.3 Å². The van der Waals surface area contributed by atoms with Crippen LogP contribution in [0.1, 0.15) is 58.4 Å². The van der Waals surface area contributed by atoms with Crippen molar-refractivity contribution in [1.29, 1.82) is 0 Å². The monoisotopic (exact) mass is 364 g/mol. The number of amides is 3. The summed E-state index contributed by atoms with van der Waals surface area (Å²) in [6.45, 7) is 0.992. The molecular weight excluding hydrogens is 340 g/mol. The summed E-state index contributed by atoms with van der Waals surface area (Å²) in [6, 6.07) is 16.8. The van der Waals surface area contributed by atoms with Gasteiger partial charge in [-0.05, 0) is 30.5 Å². The van der Waals surface area contributed by atoms with E-state index in [1.54, 1.807) is 24.3 Å².